The maximum absolute atomic E-state index is 11.4. The van der Waals surface area contributed by atoms with Gasteiger partial charge < -0.3 is 15.4 Å². The molecule has 2 N–H and O–H groups in total. The molecule has 1 fully saturated rings. The Hall–Kier alpha value is -0.610. The molecule has 0 aromatic heterocycles. The number of rotatable bonds is 8. The molecule has 2 atom stereocenters. The summed E-state index contributed by atoms with van der Waals surface area (Å²) in [6, 6.07) is 0. The Labute approximate surface area is 111 Å². The third kappa shape index (κ3) is 6.36. The Morgan fingerprint density at radius 1 is 1.28 bits per heavy atom. The Bertz CT molecular complexity index is 234. The van der Waals surface area contributed by atoms with Crippen molar-refractivity contribution in [2.24, 2.45) is 5.92 Å². The predicted octanol–water partition coefficient (Wildman–Crippen LogP) is 1.70. The lowest BCUT2D eigenvalue weighted by Crippen LogP contribution is -2.32. The molecule has 0 aromatic rings. The molecule has 4 nitrogen and oxygen atoms in total. The second-order valence-electron chi connectivity index (χ2n) is 5.23. The van der Waals surface area contributed by atoms with E-state index in [0.717, 1.165) is 13.0 Å². The number of ether oxygens (including phenoxy) is 1. The Morgan fingerprint density at radius 2 is 2.06 bits per heavy atom. The van der Waals surface area contributed by atoms with E-state index in [1.807, 2.05) is 7.05 Å². The van der Waals surface area contributed by atoms with Crippen molar-refractivity contribution in [1.82, 2.24) is 10.6 Å². The lowest BCUT2D eigenvalue weighted by Gasteiger charge is -2.28. The van der Waals surface area contributed by atoms with Crippen molar-refractivity contribution >= 4 is 5.91 Å². The second-order valence-corrected chi connectivity index (χ2v) is 5.23. The SMILES string of the molecule is CNCCCC(=O)NCCOC1CCCCC1C. The van der Waals surface area contributed by atoms with Gasteiger partial charge in [0.25, 0.3) is 0 Å². The van der Waals surface area contributed by atoms with Gasteiger partial charge >= 0.3 is 0 Å². The number of hydrogen-bond donors (Lipinski definition) is 2. The molecule has 2 unspecified atom stereocenters. The minimum absolute atomic E-state index is 0.130. The first kappa shape index (κ1) is 15.4. The molecule has 18 heavy (non-hydrogen) atoms. The van der Waals surface area contributed by atoms with Gasteiger partial charge in [-0.1, -0.05) is 19.8 Å². The van der Waals surface area contributed by atoms with E-state index in [9.17, 15) is 4.79 Å². The van der Waals surface area contributed by atoms with Crippen LogP contribution < -0.4 is 10.6 Å². The summed E-state index contributed by atoms with van der Waals surface area (Å²) in [6.07, 6.45) is 6.97. The summed E-state index contributed by atoms with van der Waals surface area (Å²) in [6.45, 7) is 4.44. The van der Waals surface area contributed by atoms with Crippen LogP contribution in [-0.2, 0) is 9.53 Å². The van der Waals surface area contributed by atoms with E-state index in [-0.39, 0.29) is 5.91 Å². The maximum Gasteiger partial charge on any atom is 0.220 e. The van der Waals surface area contributed by atoms with Crippen molar-refractivity contribution in [3.8, 4) is 0 Å². The standard InChI is InChI=1S/C14H28N2O2/c1-12-6-3-4-7-13(12)18-11-10-16-14(17)8-5-9-15-2/h12-13,15H,3-11H2,1-2H3,(H,16,17). The van der Waals surface area contributed by atoms with Gasteiger partial charge in [-0.3, -0.25) is 4.79 Å². The number of hydrogen-bond acceptors (Lipinski definition) is 3. The van der Waals surface area contributed by atoms with Crippen LogP contribution in [-0.4, -0.2) is 38.8 Å². The summed E-state index contributed by atoms with van der Waals surface area (Å²) in [5.74, 6) is 0.802. The average Bonchev–Trinajstić information content (AvgIpc) is 2.37. The molecule has 1 aliphatic carbocycles. The predicted molar refractivity (Wildman–Crippen MR) is 73.5 cm³/mol. The van der Waals surface area contributed by atoms with Crippen LogP contribution in [0.25, 0.3) is 0 Å². The first-order valence-corrected chi connectivity index (χ1v) is 7.27. The zero-order valence-electron chi connectivity index (χ0n) is 11.8. The van der Waals surface area contributed by atoms with Crippen LogP contribution in [0.1, 0.15) is 45.4 Å². The van der Waals surface area contributed by atoms with Crippen molar-refractivity contribution in [2.75, 3.05) is 26.7 Å². The highest BCUT2D eigenvalue weighted by Gasteiger charge is 2.21. The molecule has 1 amide bonds. The van der Waals surface area contributed by atoms with Crippen LogP contribution in [0.2, 0.25) is 0 Å². The van der Waals surface area contributed by atoms with E-state index in [4.69, 9.17) is 4.74 Å². The highest BCUT2D eigenvalue weighted by Crippen LogP contribution is 2.25. The minimum Gasteiger partial charge on any atom is -0.376 e. The number of amides is 1. The molecule has 0 heterocycles. The molecule has 0 aliphatic heterocycles. The molecular weight excluding hydrogens is 228 g/mol. The highest BCUT2D eigenvalue weighted by molar-refractivity contribution is 5.75. The first-order chi connectivity index (χ1) is 8.74. The van der Waals surface area contributed by atoms with E-state index in [1.165, 1.54) is 25.7 Å². The first-order valence-electron chi connectivity index (χ1n) is 7.27. The molecule has 0 aromatic carbocycles. The van der Waals surface area contributed by atoms with Crippen molar-refractivity contribution in [2.45, 2.75) is 51.6 Å². The van der Waals surface area contributed by atoms with Gasteiger partial charge in [0.15, 0.2) is 0 Å². The fourth-order valence-electron chi connectivity index (χ4n) is 2.44. The molecule has 1 aliphatic rings. The Balaban J connectivity index is 1.98. The summed E-state index contributed by atoms with van der Waals surface area (Å²) in [7, 11) is 1.90. The molecule has 0 spiro atoms. The number of carbonyl (C=O) groups excluding carboxylic acids is 1. The average molecular weight is 256 g/mol. The van der Waals surface area contributed by atoms with Crippen molar-refractivity contribution in [3.63, 3.8) is 0 Å². The summed E-state index contributed by atoms with van der Waals surface area (Å²) >= 11 is 0. The van der Waals surface area contributed by atoms with Crippen LogP contribution in [0.15, 0.2) is 0 Å². The largest absolute Gasteiger partial charge is 0.376 e. The van der Waals surface area contributed by atoms with Gasteiger partial charge in [0.2, 0.25) is 5.91 Å². The van der Waals surface area contributed by atoms with E-state index in [1.54, 1.807) is 0 Å². The lowest BCUT2D eigenvalue weighted by atomic mass is 9.88. The molecular formula is C14H28N2O2. The van der Waals surface area contributed by atoms with Gasteiger partial charge in [-0.05, 0) is 38.8 Å². The summed E-state index contributed by atoms with van der Waals surface area (Å²) in [5, 5.41) is 5.94. The van der Waals surface area contributed by atoms with Gasteiger partial charge in [-0.2, -0.15) is 0 Å². The van der Waals surface area contributed by atoms with Gasteiger partial charge in [-0.15, -0.1) is 0 Å². The van der Waals surface area contributed by atoms with Crippen LogP contribution in [0.5, 0.6) is 0 Å². The van der Waals surface area contributed by atoms with Gasteiger partial charge in [-0.25, -0.2) is 0 Å². The number of nitrogens with one attached hydrogen (secondary N) is 2. The fourth-order valence-corrected chi connectivity index (χ4v) is 2.44. The fraction of sp³-hybridized carbons (Fsp3) is 0.929. The quantitative estimate of drug-likeness (QED) is 0.650. The highest BCUT2D eigenvalue weighted by atomic mass is 16.5. The van der Waals surface area contributed by atoms with Crippen LogP contribution in [0, 0.1) is 5.92 Å². The zero-order chi connectivity index (χ0) is 13.2. The topological polar surface area (TPSA) is 50.4 Å². The smallest absolute Gasteiger partial charge is 0.220 e. The van der Waals surface area contributed by atoms with E-state index in [0.29, 0.717) is 31.6 Å². The molecule has 0 radical (unpaired) electrons. The van der Waals surface area contributed by atoms with E-state index >= 15 is 0 Å². The summed E-state index contributed by atoms with van der Waals surface area (Å²) in [5.41, 5.74) is 0. The number of carbonyl (C=O) groups is 1. The molecule has 1 rings (SSSR count). The maximum atomic E-state index is 11.4. The van der Waals surface area contributed by atoms with Crippen molar-refractivity contribution in [3.05, 3.63) is 0 Å². The van der Waals surface area contributed by atoms with Gasteiger partial charge in [0.05, 0.1) is 12.7 Å². The molecule has 0 saturated heterocycles. The minimum atomic E-state index is 0.130. The van der Waals surface area contributed by atoms with Crippen LogP contribution >= 0.6 is 0 Å². The summed E-state index contributed by atoms with van der Waals surface area (Å²) in [4.78, 5) is 11.4. The van der Waals surface area contributed by atoms with Crippen LogP contribution in [0.4, 0.5) is 0 Å². The van der Waals surface area contributed by atoms with Crippen molar-refractivity contribution in [1.29, 1.82) is 0 Å². The Kier molecular flexibility index (Phi) is 8.01. The second kappa shape index (κ2) is 9.34. The van der Waals surface area contributed by atoms with Crippen LogP contribution in [0.3, 0.4) is 0 Å². The third-order valence-electron chi connectivity index (χ3n) is 3.62. The lowest BCUT2D eigenvalue weighted by molar-refractivity contribution is -0.121. The molecule has 1 saturated carbocycles. The van der Waals surface area contributed by atoms with Gasteiger partial charge in [0, 0.05) is 13.0 Å². The normalized spacial score (nSPS) is 23.9. The third-order valence-corrected chi connectivity index (χ3v) is 3.62. The zero-order valence-corrected chi connectivity index (χ0v) is 11.8. The molecule has 0 bridgehead atoms. The van der Waals surface area contributed by atoms with E-state index in [2.05, 4.69) is 17.6 Å². The Morgan fingerprint density at radius 3 is 2.78 bits per heavy atom. The summed E-state index contributed by atoms with van der Waals surface area (Å²) < 4.78 is 5.84. The van der Waals surface area contributed by atoms with E-state index < -0.39 is 0 Å². The van der Waals surface area contributed by atoms with Crippen molar-refractivity contribution < 1.29 is 9.53 Å². The monoisotopic (exact) mass is 256 g/mol. The molecule has 106 valence electrons. The molecule has 4 heteroatoms. The van der Waals surface area contributed by atoms with Gasteiger partial charge in [0.1, 0.15) is 0 Å².